The minimum absolute atomic E-state index is 0.341. The van der Waals surface area contributed by atoms with Crippen LogP contribution in [0.25, 0.3) is 0 Å². The molecular formula is C13H14N2O2S. The summed E-state index contributed by atoms with van der Waals surface area (Å²) in [5.74, 6) is 3.78. The molecule has 0 radical (unpaired) electrons. The minimum atomic E-state index is 0.341. The van der Waals surface area contributed by atoms with Crippen LogP contribution in [-0.2, 0) is 12.2 Å². The average Bonchev–Trinajstić information content (AvgIpc) is 3.05. The molecule has 18 heavy (non-hydrogen) atoms. The Kier molecular flexibility index (Phi) is 3.41. The molecule has 5 heteroatoms. The van der Waals surface area contributed by atoms with Crippen LogP contribution in [0.5, 0.6) is 11.5 Å². The van der Waals surface area contributed by atoms with Crippen LogP contribution in [0.15, 0.2) is 30.7 Å². The molecule has 1 aliphatic rings. The predicted octanol–water partition coefficient (Wildman–Crippen LogP) is 2.61. The van der Waals surface area contributed by atoms with Crippen LogP contribution >= 0.6 is 11.8 Å². The molecule has 0 bridgehead atoms. The number of fused-ring (bicyclic) bond motifs is 1. The van der Waals surface area contributed by atoms with Crippen LogP contribution in [0, 0.1) is 0 Å². The first-order valence-corrected chi connectivity index (χ1v) is 7.01. The van der Waals surface area contributed by atoms with E-state index < -0.39 is 0 Å². The lowest BCUT2D eigenvalue weighted by molar-refractivity contribution is 0.174. The number of H-pyrrole nitrogens is 1. The van der Waals surface area contributed by atoms with Gasteiger partial charge in [-0.3, -0.25) is 0 Å². The molecule has 4 nitrogen and oxygen atoms in total. The van der Waals surface area contributed by atoms with Gasteiger partial charge in [0.1, 0.15) is 0 Å². The SMILES string of the molecule is c1ncc(CSCCc2ccc3c(c2)OCO3)[nH]1. The van der Waals surface area contributed by atoms with Gasteiger partial charge in [-0.25, -0.2) is 4.98 Å². The van der Waals surface area contributed by atoms with Crippen molar-refractivity contribution in [3.63, 3.8) is 0 Å². The molecule has 1 aromatic carbocycles. The number of nitrogens with zero attached hydrogens (tertiary/aromatic N) is 1. The van der Waals surface area contributed by atoms with Crippen molar-refractivity contribution in [2.75, 3.05) is 12.5 Å². The zero-order chi connectivity index (χ0) is 12.2. The van der Waals surface area contributed by atoms with Gasteiger partial charge in [0.05, 0.1) is 6.33 Å². The van der Waals surface area contributed by atoms with E-state index in [2.05, 4.69) is 22.1 Å². The number of aromatic nitrogens is 2. The van der Waals surface area contributed by atoms with Gasteiger partial charge in [-0.1, -0.05) is 6.07 Å². The Hall–Kier alpha value is -1.62. The van der Waals surface area contributed by atoms with Gasteiger partial charge in [-0.2, -0.15) is 11.8 Å². The molecule has 0 spiro atoms. The number of ether oxygens (including phenoxy) is 2. The van der Waals surface area contributed by atoms with Crippen LogP contribution in [0.1, 0.15) is 11.3 Å². The van der Waals surface area contributed by atoms with E-state index in [0.717, 1.165) is 29.4 Å². The van der Waals surface area contributed by atoms with Crippen LogP contribution in [-0.4, -0.2) is 22.5 Å². The maximum atomic E-state index is 5.36. The fraction of sp³-hybridized carbons (Fsp3) is 0.308. The molecule has 0 saturated heterocycles. The van der Waals surface area contributed by atoms with Gasteiger partial charge in [0.15, 0.2) is 11.5 Å². The van der Waals surface area contributed by atoms with Crippen molar-refractivity contribution in [3.8, 4) is 11.5 Å². The topological polar surface area (TPSA) is 47.1 Å². The number of hydrogen-bond acceptors (Lipinski definition) is 4. The number of imidazole rings is 1. The summed E-state index contributed by atoms with van der Waals surface area (Å²) in [4.78, 5) is 7.10. The van der Waals surface area contributed by atoms with E-state index in [1.807, 2.05) is 24.0 Å². The van der Waals surface area contributed by atoms with Crippen LogP contribution in [0.4, 0.5) is 0 Å². The largest absolute Gasteiger partial charge is 0.454 e. The zero-order valence-electron chi connectivity index (χ0n) is 9.89. The Morgan fingerprint density at radius 2 is 2.22 bits per heavy atom. The Morgan fingerprint density at radius 1 is 1.28 bits per heavy atom. The molecule has 1 aromatic heterocycles. The highest BCUT2D eigenvalue weighted by atomic mass is 32.2. The number of benzene rings is 1. The molecule has 3 rings (SSSR count). The Labute approximate surface area is 110 Å². The monoisotopic (exact) mass is 262 g/mol. The first-order valence-electron chi connectivity index (χ1n) is 5.85. The molecule has 94 valence electrons. The fourth-order valence-corrected chi connectivity index (χ4v) is 2.73. The third-order valence-electron chi connectivity index (χ3n) is 2.78. The molecule has 0 saturated carbocycles. The molecule has 1 N–H and O–H groups in total. The van der Waals surface area contributed by atoms with Crippen LogP contribution < -0.4 is 9.47 Å². The minimum Gasteiger partial charge on any atom is -0.454 e. The number of aromatic amines is 1. The summed E-state index contributed by atoms with van der Waals surface area (Å²) >= 11 is 1.90. The van der Waals surface area contributed by atoms with E-state index in [-0.39, 0.29) is 0 Å². The van der Waals surface area contributed by atoms with Gasteiger partial charge < -0.3 is 14.5 Å². The Balaban J connectivity index is 1.48. The summed E-state index contributed by atoms with van der Waals surface area (Å²) in [5.41, 5.74) is 2.46. The summed E-state index contributed by atoms with van der Waals surface area (Å²) in [6.45, 7) is 0.341. The van der Waals surface area contributed by atoms with Gasteiger partial charge in [0.2, 0.25) is 6.79 Å². The maximum absolute atomic E-state index is 5.36. The number of nitrogens with one attached hydrogen (secondary N) is 1. The van der Waals surface area contributed by atoms with E-state index in [9.17, 15) is 0 Å². The van der Waals surface area contributed by atoms with Crippen molar-refractivity contribution in [2.45, 2.75) is 12.2 Å². The van der Waals surface area contributed by atoms with E-state index in [0.29, 0.717) is 6.79 Å². The normalized spacial score (nSPS) is 12.9. The van der Waals surface area contributed by atoms with Crippen LogP contribution in [0.2, 0.25) is 0 Å². The molecule has 2 heterocycles. The molecule has 2 aromatic rings. The smallest absolute Gasteiger partial charge is 0.231 e. The van der Waals surface area contributed by atoms with Gasteiger partial charge in [-0.05, 0) is 29.9 Å². The Bertz CT molecular complexity index is 514. The lowest BCUT2D eigenvalue weighted by atomic mass is 10.1. The molecule has 0 unspecified atom stereocenters. The van der Waals surface area contributed by atoms with Gasteiger partial charge in [0, 0.05) is 17.6 Å². The number of hydrogen-bond donors (Lipinski definition) is 1. The molecular weight excluding hydrogens is 248 g/mol. The third-order valence-corrected chi connectivity index (χ3v) is 3.79. The highest BCUT2D eigenvalue weighted by Gasteiger charge is 2.12. The summed E-state index contributed by atoms with van der Waals surface area (Å²) in [6, 6.07) is 6.15. The van der Waals surface area contributed by atoms with E-state index >= 15 is 0 Å². The van der Waals surface area contributed by atoms with E-state index in [1.165, 1.54) is 11.3 Å². The van der Waals surface area contributed by atoms with E-state index in [1.54, 1.807) is 6.33 Å². The second-order valence-corrected chi connectivity index (χ2v) is 5.17. The van der Waals surface area contributed by atoms with Crippen molar-refractivity contribution < 1.29 is 9.47 Å². The van der Waals surface area contributed by atoms with Crippen molar-refractivity contribution >= 4 is 11.8 Å². The van der Waals surface area contributed by atoms with Crippen molar-refractivity contribution in [1.82, 2.24) is 9.97 Å². The highest BCUT2D eigenvalue weighted by molar-refractivity contribution is 7.98. The zero-order valence-corrected chi connectivity index (χ0v) is 10.7. The van der Waals surface area contributed by atoms with Crippen LogP contribution in [0.3, 0.4) is 0 Å². The van der Waals surface area contributed by atoms with Crippen molar-refractivity contribution in [2.24, 2.45) is 0 Å². The number of thioether (sulfide) groups is 1. The van der Waals surface area contributed by atoms with Gasteiger partial charge >= 0.3 is 0 Å². The lowest BCUT2D eigenvalue weighted by Crippen LogP contribution is -1.93. The third kappa shape index (κ3) is 2.61. The average molecular weight is 262 g/mol. The predicted molar refractivity (Wildman–Crippen MR) is 71.0 cm³/mol. The molecule has 0 amide bonds. The van der Waals surface area contributed by atoms with Gasteiger partial charge in [-0.15, -0.1) is 0 Å². The van der Waals surface area contributed by atoms with Gasteiger partial charge in [0.25, 0.3) is 0 Å². The van der Waals surface area contributed by atoms with Crippen molar-refractivity contribution in [1.29, 1.82) is 0 Å². The summed E-state index contributed by atoms with van der Waals surface area (Å²) in [5, 5.41) is 0. The molecule has 0 aliphatic carbocycles. The van der Waals surface area contributed by atoms with Crippen molar-refractivity contribution in [3.05, 3.63) is 42.0 Å². The fourth-order valence-electron chi connectivity index (χ4n) is 1.83. The number of aryl methyl sites for hydroxylation is 1. The first kappa shape index (κ1) is 11.5. The Morgan fingerprint density at radius 3 is 3.11 bits per heavy atom. The number of rotatable bonds is 5. The van der Waals surface area contributed by atoms with E-state index in [4.69, 9.17) is 9.47 Å². The second kappa shape index (κ2) is 5.35. The highest BCUT2D eigenvalue weighted by Crippen LogP contribution is 2.32. The standard InChI is InChI=1S/C13H14N2O2S/c1-2-12-13(17-9-16-12)5-10(1)3-4-18-7-11-6-14-8-15-11/h1-2,5-6,8H,3-4,7,9H2,(H,14,15). The first-order chi connectivity index (χ1) is 8.92. The summed E-state index contributed by atoms with van der Waals surface area (Å²) < 4.78 is 10.7. The summed E-state index contributed by atoms with van der Waals surface area (Å²) in [7, 11) is 0. The lowest BCUT2D eigenvalue weighted by Gasteiger charge is -2.03. The molecule has 0 atom stereocenters. The molecule has 0 fully saturated rings. The molecule has 1 aliphatic heterocycles. The second-order valence-electron chi connectivity index (χ2n) is 4.07. The quantitative estimate of drug-likeness (QED) is 0.841. The summed E-state index contributed by atoms with van der Waals surface area (Å²) in [6.07, 6.45) is 4.62. The maximum Gasteiger partial charge on any atom is 0.231 e.